The van der Waals surface area contributed by atoms with Gasteiger partial charge in [-0.1, -0.05) is 6.07 Å². The SMILES string of the molecule is COCCNC(=O)C(=O)N/N=C(\C)CC(=O)Nc1cc(C)cc(C)c1. The molecular formula is C17H24N4O4. The summed E-state index contributed by atoms with van der Waals surface area (Å²) in [6, 6.07) is 5.74. The molecule has 8 nitrogen and oxygen atoms in total. The van der Waals surface area contributed by atoms with E-state index in [0.717, 1.165) is 11.1 Å². The number of amides is 3. The minimum absolute atomic E-state index is 0.00143. The van der Waals surface area contributed by atoms with Gasteiger partial charge in [0.05, 0.1) is 13.0 Å². The largest absolute Gasteiger partial charge is 0.383 e. The van der Waals surface area contributed by atoms with E-state index in [9.17, 15) is 14.4 Å². The van der Waals surface area contributed by atoms with Crippen LogP contribution in [0.15, 0.2) is 23.3 Å². The van der Waals surface area contributed by atoms with Gasteiger partial charge in [0.15, 0.2) is 0 Å². The van der Waals surface area contributed by atoms with Crippen LogP contribution in [0.1, 0.15) is 24.5 Å². The Labute approximate surface area is 147 Å². The van der Waals surface area contributed by atoms with Crippen LogP contribution < -0.4 is 16.1 Å². The lowest BCUT2D eigenvalue weighted by Gasteiger charge is -2.08. The van der Waals surface area contributed by atoms with Crippen molar-refractivity contribution in [3.05, 3.63) is 29.3 Å². The molecule has 136 valence electrons. The Kier molecular flexibility index (Phi) is 8.28. The summed E-state index contributed by atoms with van der Waals surface area (Å²) in [4.78, 5) is 35.0. The van der Waals surface area contributed by atoms with Crippen molar-refractivity contribution in [1.82, 2.24) is 10.7 Å². The second-order valence-electron chi connectivity index (χ2n) is 5.64. The molecule has 3 N–H and O–H groups in total. The first-order valence-electron chi connectivity index (χ1n) is 7.80. The Morgan fingerprint density at radius 1 is 1.08 bits per heavy atom. The minimum Gasteiger partial charge on any atom is -0.383 e. The highest BCUT2D eigenvalue weighted by molar-refractivity contribution is 6.35. The number of ether oxygens (including phenoxy) is 1. The number of benzene rings is 1. The van der Waals surface area contributed by atoms with Crippen molar-refractivity contribution in [2.24, 2.45) is 5.10 Å². The second kappa shape index (κ2) is 10.2. The number of rotatable bonds is 7. The third-order valence-electron chi connectivity index (χ3n) is 3.07. The summed E-state index contributed by atoms with van der Waals surface area (Å²) < 4.78 is 4.76. The number of hydrogen-bond donors (Lipinski definition) is 3. The molecule has 0 radical (unpaired) electrons. The zero-order chi connectivity index (χ0) is 18.8. The zero-order valence-corrected chi connectivity index (χ0v) is 14.9. The fourth-order valence-corrected chi connectivity index (χ4v) is 2.07. The maximum absolute atomic E-state index is 12.0. The summed E-state index contributed by atoms with van der Waals surface area (Å²) in [5.41, 5.74) is 5.29. The van der Waals surface area contributed by atoms with Crippen molar-refractivity contribution in [3.8, 4) is 0 Å². The molecule has 1 rings (SSSR count). The number of aryl methyl sites for hydroxylation is 2. The van der Waals surface area contributed by atoms with Gasteiger partial charge in [0.25, 0.3) is 0 Å². The Morgan fingerprint density at radius 3 is 2.32 bits per heavy atom. The summed E-state index contributed by atoms with van der Waals surface area (Å²) >= 11 is 0. The van der Waals surface area contributed by atoms with Gasteiger partial charge in [-0.05, 0) is 44.0 Å². The highest BCUT2D eigenvalue weighted by Crippen LogP contribution is 2.13. The van der Waals surface area contributed by atoms with E-state index in [0.29, 0.717) is 18.0 Å². The Morgan fingerprint density at radius 2 is 1.72 bits per heavy atom. The lowest BCUT2D eigenvalue weighted by molar-refractivity contribution is -0.139. The van der Waals surface area contributed by atoms with Gasteiger partial charge >= 0.3 is 11.8 Å². The molecule has 0 saturated carbocycles. The molecule has 3 amide bonds. The van der Waals surface area contributed by atoms with Gasteiger partial charge in [-0.3, -0.25) is 14.4 Å². The predicted octanol–water partition coefficient (Wildman–Crippen LogP) is 0.887. The molecule has 25 heavy (non-hydrogen) atoms. The minimum atomic E-state index is -0.898. The van der Waals surface area contributed by atoms with Gasteiger partial charge in [0.1, 0.15) is 0 Å². The number of hydrazone groups is 1. The molecule has 0 aliphatic heterocycles. The zero-order valence-electron chi connectivity index (χ0n) is 14.9. The molecule has 0 aliphatic rings. The van der Waals surface area contributed by atoms with E-state index in [1.807, 2.05) is 32.0 Å². The number of carbonyl (C=O) groups is 3. The number of anilines is 1. The van der Waals surface area contributed by atoms with Crippen molar-refractivity contribution < 1.29 is 19.1 Å². The molecule has 0 aliphatic carbocycles. The maximum atomic E-state index is 12.0. The van der Waals surface area contributed by atoms with Crippen molar-refractivity contribution in [3.63, 3.8) is 0 Å². The van der Waals surface area contributed by atoms with E-state index in [1.54, 1.807) is 6.92 Å². The molecule has 1 aromatic carbocycles. The summed E-state index contributed by atoms with van der Waals surface area (Å²) in [5, 5.41) is 8.89. The molecule has 0 atom stereocenters. The summed E-state index contributed by atoms with van der Waals surface area (Å²) in [6.45, 7) is 6.01. The Hall–Kier alpha value is -2.74. The van der Waals surface area contributed by atoms with Crippen LogP contribution in [0, 0.1) is 13.8 Å². The fraction of sp³-hybridized carbons (Fsp3) is 0.412. The maximum Gasteiger partial charge on any atom is 0.329 e. The van der Waals surface area contributed by atoms with Crippen molar-refractivity contribution >= 4 is 29.1 Å². The first-order valence-corrected chi connectivity index (χ1v) is 7.80. The smallest absolute Gasteiger partial charge is 0.329 e. The van der Waals surface area contributed by atoms with Crippen molar-refractivity contribution in [2.75, 3.05) is 25.6 Å². The van der Waals surface area contributed by atoms with Crippen LogP contribution >= 0.6 is 0 Å². The third-order valence-corrected chi connectivity index (χ3v) is 3.07. The van der Waals surface area contributed by atoms with Gasteiger partial charge in [0.2, 0.25) is 5.91 Å². The molecule has 0 heterocycles. The monoisotopic (exact) mass is 348 g/mol. The number of methoxy groups -OCH3 is 1. The molecule has 0 spiro atoms. The average Bonchev–Trinajstić information content (AvgIpc) is 2.51. The van der Waals surface area contributed by atoms with Crippen LogP contribution in [0.3, 0.4) is 0 Å². The van der Waals surface area contributed by atoms with Gasteiger partial charge in [0, 0.05) is 25.1 Å². The van der Waals surface area contributed by atoms with Crippen LogP contribution in [0.4, 0.5) is 5.69 Å². The molecule has 8 heteroatoms. The molecule has 0 saturated heterocycles. The second-order valence-corrected chi connectivity index (χ2v) is 5.64. The quantitative estimate of drug-likeness (QED) is 0.294. The molecule has 1 aromatic rings. The van der Waals surface area contributed by atoms with Crippen LogP contribution in [-0.4, -0.2) is 43.7 Å². The van der Waals surface area contributed by atoms with Crippen LogP contribution in [0.5, 0.6) is 0 Å². The lowest BCUT2D eigenvalue weighted by Crippen LogP contribution is -2.39. The topological polar surface area (TPSA) is 109 Å². The van der Waals surface area contributed by atoms with Crippen LogP contribution in [0.25, 0.3) is 0 Å². The van der Waals surface area contributed by atoms with E-state index in [4.69, 9.17) is 4.74 Å². The number of nitrogens with zero attached hydrogens (tertiary/aromatic N) is 1. The third kappa shape index (κ3) is 8.07. The molecular weight excluding hydrogens is 324 g/mol. The van der Waals surface area contributed by atoms with Crippen molar-refractivity contribution in [2.45, 2.75) is 27.2 Å². The first-order chi connectivity index (χ1) is 11.8. The first kappa shape index (κ1) is 20.3. The molecule has 0 unspecified atom stereocenters. The van der Waals surface area contributed by atoms with E-state index >= 15 is 0 Å². The molecule has 0 fully saturated rings. The number of hydrogen-bond acceptors (Lipinski definition) is 5. The van der Waals surface area contributed by atoms with E-state index in [1.165, 1.54) is 7.11 Å². The standard InChI is InChI=1S/C17H24N4O4/c1-11-7-12(2)9-14(8-11)19-15(22)10-13(3)20-21-17(24)16(23)18-5-6-25-4/h7-9H,5-6,10H2,1-4H3,(H,18,23)(H,19,22)(H,21,24)/b20-13+. The van der Waals surface area contributed by atoms with Gasteiger partial charge in [-0.15, -0.1) is 0 Å². The summed E-state index contributed by atoms with van der Waals surface area (Å²) in [7, 11) is 1.49. The molecule has 0 aromatic heterocycles. The highest BCUT2D eigenvalue weighted by atomic mass is 16.5. The predicted molar refractivity (Wildman–Crippen MR) is 95.3 cm³/mol. The highest BCUT2D eigenvalue weighted by Gasteiger charge is 2.12. The van der Waals surface area contributed by atoms with Crippen LogP contribution in [-0.2, 0) is 19.1 Å². The normalized spacial score (nSPS) is 11.0. The van der Waals surface area contributed by atoms with E-state index in [-0.39, 0.29) is 18.9 Å². The number of nitrogens with one attached hydrogen (secondary N) is 3. The van der Waals surface area contributed by atoms with E-state index < -0.39 is 11.8 Å². The van der Waals surface area contributed by atoms with Crippen LogP contribution in [0.2, 0.25) is 0 Å². The Balaban J connectivity index is 2.47. The summed E-state index contributed by atoms with van der Waals surface area (Å²) in [5.74, 6) is -1.97. The molecule has 0 bridgehead atoms. The Bertz CT molecular complexity index is 650. The van der Waals surface area contributed by atoms with Crippen molar-refractivity contribution in [1.29, 1.82) is 0 Å². The number of carbonyl (C=O) groups excluding carboxylic acids is 3. The average molecular weight is 348 g/mol. The van der Waals surface area contributed by atoms with Gasteiger partial charge in [-0.25, -0.2) is 5.43 Å². The van der Waals surface area contributed by atoms with E-state index in [2.05, 4.69) is 21.2 Å². The fourth-order valence-electron chi connectivity index (χ4n) is 2.07. The van der Waals surface area contributed by atoms with Gasteiger partial charge < -0.3 is 15.4 Å². The van der Waals surface area contributed by atoms with Gasteiger partial charge in [-0.2, -0.15) is 5.10 Å². The lowest BCUT2D eigenvalue weighted by atomic mass is 10.1. The summed E-state index contributed by atoms with van der Waals surface area (Å²) in [6.07, 6.45) is -0.00143.